The van der Waals surface area contributed by atoms with Crippen LogP contribution < -0.4 is 10.6 Å². The number of nitrogens with one attached hydrogen (secondary N) is 2. The Morgan fingerprint density at radius 3 is 2.26 bits per heavy atom. The van der Waals surface area contributed by atoms with E-state index in [4.69, 9.17) is 0 Å². The van der Waals surface area contributed by atoms with Gasteiger partial charge in [-0.25, -0.2) is 0 Å². The lowest BCUT2D eigenvalue weighted by atomic mass is 9.80. The predicted molar refractivity (Wildman–Crippen MR) is 81.5 cm³/mol. The van der Waals surface area contributed by atoms with Gasteiger partial charge in [0, 0.05) is 12.5 Å². The first-order chi connectivity index (χ1) is 8.70. The Labute approximate surface area is 123 Å². The van der Waals surface area contributed by atoms with E-state index < -0.39 is 0 Å². The van der Waals surface area contributed by atoms with Crippen LogP contribution in [0.25, 0.3) is 0 Å². The molecule has 19 heavy (non-hydrogen) atoms. The van der Waals surface area contributed by atoms with Crippen LogP contribution in [-0.4, -0.2) is 25.5 Å². The van der Waals surface area contributed by atoms with Gasteiger partial charge in [0.05, 0.1) is 0 Å². The normalized spacial score (nSPS) is 28.9. The molecule has 2 N–H and O–H groups in total. The molecular formula is C15H29ClN2O. The van der Waals surface area contributed by atoms with Crippen LogP contribution in [0.1, 0.15) is 46.0 Å². The van der Waals surface area contributed by atoms with E-state index in [1.165, 1.54) is 32.1 Å². The van der Waals surface area contributed by atoms with E-state index in [-0.39, 0.29) is 24.2 Å². The fraction of sp³-hybridized carbons (Fsp3) is 0.933. The first-order valence-electron chi connectivity index (χ1n) is 7.69. The number of carbonyl (C=O) groups is 1. The maximum atomic E-state index is 12.0. The molecule has 3 nitrogen and oxygen atoms in total. The number of hydrogen-bond donors (Lipinski definition) is 2. The summed E-state index contributed by atoms with van der Waals surface area (Å²) in [5, 5.41) is 6.40. The first kappa shape index (κ1) is 16.8. The van der Waals surface area contributed by atoms with E-state index in [0.29, 0.717) is 5.92 Å². The van der Waals surface area contributed by atoms with Crippen molar-refractivity contribution < 1.29 is 4.79 Å². The molecule has 1 amide bonds. The Kier molecular flexibility index (Phi) is 7.16. The van der Waals surface area contributed by atoms with Crippen LogP contribution in [0.5, 0.6) is 0 Å². The van der Waals surface area contributed by atoms with Crippen LogP contribution in [-0.2, 0) is 4.79 Å². The molecule has 1 unspecified atom stereocenters. The highest BCUT2D eigenvalue weighted by Gasteiger charge is 2.29. The summed E-state index contributed by atoms with van der Waals surface area (Å²) in [7, 11) is 0. The monoisotopic (exact) mass is 288 g/mol. The second-order valence-corrected chi connectivity index (χ2v) is 6.25. The summed E-state index contributed by atoms with van der Waals surface area (Å²) in [6.45, 7) is 7.28. The van der Waals surface area contributed by atoms with Crippen molar-refractivity contribution in [3.8, 4) is 0 Å². The van der Waals surface area contributed by atoms with Gasteiger partial charge in [0.25, 0.3) is 0 Å². The van der Waals surface area contributed by atoms with E-state index in [2.05, 4.69) is 24.5 Å². The third kappa shape index (κ3) is 4.64. The van der Waals surface area contributed by atoms with Crippen molar-refractivity contribution in [1.29, 1.82) is 0 Å². The van der Waals surface area contributed by atoms with Crippen LogP contribution in [0.2, 0.25) is 0 Å². The van der Waals surface area contributed by atoms with E-state index in [1.807, 2.05) is 0 Å². The summed E-state index contributed by atoms with van der Waals surface area (Å²) < 4.78 is 0. The zero-order chi connectivity index (χ0) is 13.0. The van der Waals surface area contributed by atoms with Crippen molar-refractivity contribution in [2.45, 2.75) is 46.0 Å². The van der Waals surface area contributed by atoms with Gasteiger partial charge in [-0.1, -0.05) is 33.1 Å². The van der Waals surface area contributed by atoms with E-state index in [9.17, 15) is 4.79 Å². The molecule has 1 heterocycles. The molecule has 0 aromatic rings. The topological polar surface area (TPSA) is 41.1 Å². The molecule has 2 rings (SSSR count). The maximum Gasteiger partial charge on any atom is 0.223 e. The van der Waals surface area contributed by atoms with Crippen molar-refractivity contribution >= 4 is 18.3 Å². The quantitative estimate of drug-likeness (QED) is 0.816. The van der Waals surface area contributed by atoms with Gasteiger partial charge in [-0.3, -0.25) is 4.79 Å². The Morgan fingerprint density at radius 2 is 1.79 bits per heavy atom. The zero-order valence-corrected chi connectivity index (χ0v) is 13.1. The van der Waals surface area contributed by atoms with Gasteiger partial charge < -0.3 is 10.6 Å². The highest BCUT2D eigenvalue weighted by molar-refractivity contribution is 5.85. The Morgan fingerprint density at radius 1 is 1.21 bits per heavy atom. The van der Waals surface area contributed by atoms with Crippen molar-refractivity contribution in [3.05, 3.63) is 0 Å². The molecule has 2 aliphatic rings. The van der Waals surface area contributed by atoms with E-state index >= 15 is 0 Å². The molecule has 1 aliphatic carbocycles. The minimum Gasteiger partial charge on any atom is -0.356 e. The van der Waals surface area contributed by atoms with Gasteiger partial charge in [-0.05, 0) is 43.7 Å². The van der Waals surface area contributed by atoms with Gasteiger partial charge in [-0.2, -0.15) is 0 Å². The SMILES string of the molecule is CCC1CCC(CNC(=O)C(C)C2CNC2)CC1.Cl. The standard InChI is InChI=1S/C15H28N2O.ClH/c1-3-12-4-6-13(7-5-12)8-17-15(18)11(2)14-9-16-10-14;/h11-14,16H,3-10H2,1-2H3,(H,17,18);1H. The molecule has 0 aromatic heterocycles. The van der Waals surface area contributed by atoms with Crippen molar-refractivity contribution in [2.75, 3.05) is 19.6 Å². The predicted octanol–water partition coefficient (Wildman–Crippen LogP) is 2.60. The first-order valence-corrected chi connectivity index (χ1v) is 7.69. The molecule has 2 fully saturated rings. The summed E-state index contributed by atoms with van der Waals surface area (Å²) in [6.07, 6.45) is 6.65. The van der Waals surface area contributed by atoms with Crippen molar-refractivity contribution in [2.24, 2.45) is 23.7 Å². The molecule has 1 aliphatic heterocycles. The third-order valence-corrected chi connectivity index (χ3v) is 5.04. The molecule has 112 valence electrons. The number of rotatable bonds is 5. The van der Waals surface area contributed by atoms with E-state index in [1.54, 1.807) is 0 Å². The molecule has 0 bridgehead atoms. The fourth-order valence-corrected chi connectivity index (χ4v) is 3.13. The smallest absolute Gasteiger partial charge is 0.223 e. The third-order valence-electron chi connectivity index (χ3n) is 5.04. The van der Waals surface area contributed by atoms with Crippen molar-refractivity contribution in [3.63, 3.8) is 0 Å². The lowest BCUT2D eigenvalue weighted by Gasteiger charge is -2.32. The second-order valence-electron chi connectivity index (χ2n) is 6.25. The zero-order valence-electron chi connectivity index (χ0n) is 12.3. The lowest BCUT2D eigenvalue weighted by Crippen LogP contribution is -2.50. The minimum absolute atomic E-state index is 0. The van der Waals surface area contributed by atoms with Gasteiger partial charge in [0.15, 0.2) is 0 Å². The lowest BCUT2D eigenvalue weighted by molar-refractivity contribution is -0.126. The number of carbonyl (C=O) groups excluding carboxylic acids is 1. The molecule has 4 heteroatoms. The van der Waals surface area contributed by atoms with Crippen molar-refractivity contribution in [1.82, 2.24) is 10.6 Å². The van der Waals surface area contributed by atoms with Crippen LogP contribution in [0.4, 0.5) is 0 Å². The summed E-state index contributed by atoms with van der Waals surface area (Å²) in [5.41, 5.74) is 0. The van der Waals surface area contributed by atoms with Gasteiger partial charge in [-0.15, -0.1) is 12.4 Å². The van der Waals surface area contributed by atoms with Crippen LogP contribution in [0.15, 0.2) is 0 Å². The minimum atomic E-state index is 0. The molecule has 1 atom stereocenters. The molecule has 0 aromatic carbocycles. The molecule has 1 saturated carbocycles. The highest BCUT2D eigenvalue weighted by Crippen LogP contribution is 2.30. The Hall–Kier alpha value is -0.280. The van der Waals surface area contributed by atoms with Crippen LogP contribution in [0, 0.1) is 23.7 Å². The highest BCUT2D eigenvalue weighted by atomic mass is 35.5. The number of halogens is 1. The van der Waals surface area contributed by atoms with Gasteiger partial charge >= 0.3 is 0 Å². The summed E-state index contributed by atoms with van der Waals surface area (Å²) >= 11 is 0. The largest absolute Gasteiger partial charge is 0.356 e. The summed E-state index contributed by atoms with van der Waals surface area (Å²) in [6, 6.07) is 0. The van der Waals surface area contributed by atoms with Crippen LogP contribution in [0.3, 0.4) is 0 Å². The van der Waals surface area contributed by atoms with Gasteiger partial charge in [0.1, 0.15) is 0 Å². The average molecular weight is 289 g/mol. The molecule has 0 spiro atoms. The molecule has 0 radical (unpaired) electrons. The number of hydrogen-bond acceptors (Lipinski definition) is 2. The van der Waals surface area contributed by atoms with Gasteiger partial charge in [0.2, 0.25) is 5.91 Å². The molecular weight excluding hydrogens is 260 g/mol. The average Bonchev–Trinajstić information content (AvgIpc) is 2.34. The van der Waals surface area contributed by atoms with E-state index in [0.717, 1.165) is 31.5 Å². The summed E-state index contributed by atoms with van der Waals surface area (Å²) in [5.74, 6) is 2.67. The number of amides is 1. The maximum absolute atomic E-state index is 12.0. The Balaban J connectivity index is 0.00000180. The Bertz CT molecular complexity index is 273. The fourth-order valence-electron chi connectivity index (χ4n) is 3.13. The second kappa shape index (κ2) is 8.11. The molecule has 1 saturated heterocycles. The van der Waals surface area contributed by atoms with Crippen LogP contribution >= 0.6 is 12.4 Å². The summed E-state index contributed by atoms with van der Waals surface area (Å²) in [4.78, 5) is 12.0.